The Morgan fingerprint density at radius 1 is 1.33 bits per heavy atom. The molecule has 0 aliphatic heterocycles. The molecule has 3 rings (SSSR count). The van der Waals surface area contributed by atoms with E-state index in [4.69, 9.17) is 4.52 Å². The Bertz CT molecular complexity index is 495. The summed E-state index contributed by atoms with van der Waals surface area (Å²) in [6, 6.07) is 0. The molecule has 0 aromatic carbocycles. The summed E-state index contributed by atoms with van der Waals surface area (Å²) < 4.78 is 5.32. The normalized spacial score (nSPS) is 32.3. The van der Waals surface area contributed by atoms with E-state index in [9.17, 15) is 5.11 Å². The van der Waals surface area contributed by atoms with E-state index >= 15 is 0 Å². The first-order valence-electron chi connectivity index (χ1n) is 8.10. The van der Waals surface area contributed by atoms with Gasteiger partial charge in [0, 0.05) is 11.5 Å². The molecule has 2 N–H and O–H groups in total. The topological polar surface area (TPSA) is 71.2 Å². The van der Waals surface area contributed by atoms with Crippen LogP contribution < -0.4 is 5.32 Å². The Labute approximate surface area is 126 Å². The molecular weight excluding hydrogens is 266 g/mol. The van der Waals surface area contributed by atoms with E-state index in [0.717, 1.165) is 18.7 Å². The molecule has 0 radical (unpaired) electrons. The number of nitrogens with one attached hydrogen (secondary N) is 1. The Hall–Kier alpha value is -0.940. The first-order valence-corrected chi connectivity index (χ1v) is 8.10. The van der Waals surface area contributed by atoms with E-state index in [1.807, 2.05) is 0 Å². The van der Waals surface area contributed by atoms with E-state index in [0.29, 0.717) is 24.3 Å². The van der Waals surface area contributed by atoms with Gasteiger partial charge in [0.25, 0.3) is 0 Å². The standard InChI is InChI=1S/C16H27N3O2/c1-11-6-15(2,3)9-16(7-11,10-20)17-8-13-18-14(19-21-13)12-4-5-12/h11-12,17,20H,4-10H2,1-3H3. The highest BCUT2D eigenvalue weighted by Gasteiger charge is 2.42. The van der Waals surface area contributed by atoms with Crippen molar-refractivity contribution in [3.8, 4) is 0 Å². The largest absolute Gasteiger partial charge is 0.394 e. The summed E-state index contributed by atoms with van der Waals surface area (Å²) in [5.41, 5.74) is 0.0246. The molecule has 0 amide bonds. The van der Waals surface area contributed by atoms with Crippen molar-refractivity contribution < 1.29 is 9.63 Å². The molecule has 1 heterocycles. The highest BCUT2D eigenvalue weighted by atomic mass is 16.5. The van der Waals surface area contributed by atoms with Crippen LogP contribution in [0, 0.1) is 11.3 Å². The zero-order valence-electron chi connectivity index (χ0n) is 13.4. The second-order valence-electron chi connectivity index (χ2n) is 7.97. The number of aliphatic hydroxyl groups is 1. The number of hydrogen-bond acceptors (Lipinski definition) is 5. The number of rotatable bonds is 5. The molecular formula is C16H27N3O2. The van der Waals surface area contributed by atoms with Gasteiger partial charge in [-0.15, -0.1) is 0 Å². The first kappa shape index (κ1) is 15.0. The fraction of sp³-hybridized carbons (Fsp3) is 0.875. The van der Waals surface area contributed by atoms with Crippen molar-refractivity contribution in [1.82, 2.24) is 15.5 Å². The van der Waals surface area contributed by atoms with Crippen molar-refractivity contribution in [3.05, 3.63) is 11.7 Å². The van der Waals surface area contributed by atoms with Gasteiger partial charge in [-0.1, -0.05) is 25.9 Å². The van der Waals surface area contributed by atoms with Crippen LogP contribution in [0.2, 0.25) is 0 Å². The molecule has 5 heteroatoms. The van der Waals surface area contributed by atoms with Crippen LogP contribution in [0.5, 0.6) is 0 Å². The van der Waals surface area contributed by atoms with E-state index in [1.165, 1.54) is 19.3 Å². The Balaban J connectivity index is 1.65. The van der Waals surface area contributed by atoms with Crippen LogP contribution >= 0.6 is 0 Å². The third kappa shape index (κ3) is 3.46. The monoisotopic (exact) mass is 293 g/mol. The van der Waals surface area contributed by atoms with Gasteiger partial charge in [-0.3, -0.25) is 0 Å². The molecule has 1 aromatic heterocycles. The quantitative estimate of drug-likeness (QED) is 0.873. The number of aromatic nitrogens is 2. The minimum absolute atomic E-state index is 0.157. The maximum atomic E-state index is 9.94. The fourth-order valence-electron chi connectivity index (χ4n) is 4.16. The predicted molar refractivity (Wildman–Crippen MR) is 79.7 cm³/mol. The molecule has 5 nitrogen and oxygen atoms in total. The van der Waals surface area contributed by atoms with Crippen molar-refractivity contribution in [3.63, 3.8) is 0 Å². The second kappa shape index (κ2) is 5.36. The smallest absolute Gasteiger partial charge is 0.240 e. The van der Waals surface area contributed by atoms with Gasteiger partial charge in [-0.2, -0.15) is 4.98 Å². The summed E-state index contributed by atoms with van der Waals surface area (Å²) >= 11 is 0. The molecule has 2 unspecified atom stereocenters. The van der Waals surface area contributed by atoms with E-state index in [1.54, 1.807) is 0 Å². The number of hydrogen-bond donors (Lipinski definition) is 2. The highest BCUT2D eigenvalue weighted by molar-refractivity contribution is 5.04. The lowest BCUT2D eigenvalue weighted by molar-refractivity contribution is 0.0334. The third-order valence-corrected chi connectivity index (χ3v) is 4.80. The minimum Gasteiger partial charge on any atom is -0.394 e. The SMILES string of the molecule is CC1CC(C)(C)CC(CO)(NCc2nc(C3CC3)no2)C1. The Morgan fingerprint density at radius 3 is 2.71 bits per heavy atom. The van der Waals surface area contributed by atoms with Crippen molar-refractivity contribution in [2.75, 3.05) is 6.61 Å². The molecule has 2 saturated carbocycles. The van der Waals surface area contributed by atoms with Crippen LogP contribution in [0.15, 0.2) is 4.52 Å². The molecule has 0 bridgehead atoms. The van der Waals surface area contributed by atoms with Gasteiger partial charge in [-0.25, -0.2) is 0 Å². The summed E-state index contributed by atoms with van der Waals surface area (Å²) in [6.07, 6.45) is 5.54. The van der Waals surface area contributed by atoms with Crippen LogP contribution in [0.1, 0.15) is 70.5 Å². The van der Waals surface area contributed by atoms with Crippen molar-refractivity contribution in [2.24, 2.45) is 11.3 Å². The average Bonchev–Trinajstić information content (AvgIpc) is 3.13. The summed E-state index contributed by atoms with van der Waals surface area (Å²) in [5, 5.41) is 17.5. The van der Waals surface area contributed by atoms with Crippen molar-refractivity contribution in [1.29, 1.82) is 0 Å². The molecule has 1 aromatic rings. The van der Waals surface area contributed by atoms with Gasteiger partial charge in [-0.05, 0) is 43.4 Å². The molecule has 2 fully saturated rings. The molecule has 2 aliphatic carbocycles. The van der Waals surface area contributed by atoms with Gasteiger partial charge in [0.15, 0.2) is 5.82 Å². The molecule has 21 heavy (non-hydrogen) atoms. The zero-order chi connectivity index (χ0) is 15.1. The van der Waals surface area contributed by atoms with Crippen LogP contribution in [0.3, 0.4) is 0 Å². The molecule has 2 atom stereocenters. The van der Waals surface area contributed by atoms with E-state index in [2.05, 4.69) is 36.2 Å². The van der Waals surface area contributed by atoms with Gasteiger partial charge in [0.05, 0.1) is 13.2 Å². The molecule has 0 saturated heterocycles. The van der Waals surface area contributed by atoms with Crippen LogP contribution in [0.25, 0.3) is 0 Å². The van der Waals surface area contributed by atoms with Crippen molar-refractivity contribution in [2.45, 2.75) is 70.9 Å². The number of aliphatic hydroxyl groups excluding tert-OH is 1. The maximum Gasteiger partial charge on any atom is 0.240 e. The zero-order valence-corrected chi connectivity index (χ0v) is 13.4. The summed E-state index contributed by atoms with van der Waals surface area (Å²) in [5.74, 6) is 2.61. The van der Waals surface area contributed by atoms with Gasteiger partial charge in [0.1, 0.15) is 0 Å². The third-order valence-electron chi connectivity index (χ3n) is 4.80. The van der Waals surface area contributed by atoms with Gasteiger partial charge >= 0.3 is 0 Å². The van der Waals surface area contributed by atoms with Gasteiger partial charge < -0.3 is 14.9 Å². The Kier molecular flexibility index (Phi) is 3.82. The lowest BCUT2D eigenvalue weighted by atomic mass is 9.64. The second-order valence-corrected chi connectivity index (χ2v) is 7.97. The molecule has 118 valence electrons. The van der Waals surface area contributed by atoms with Crippen molar-refractivity contribution >= 4 is 0 Å². The van der Waals surface area contributed by atoms with E-state index < -0.39 is 0 Å². The van der Waals surface area contributed by atoms with Crippen LogP contribution in [-0.2, 0) is 6.54 Å². The minimum atomic E-state index is -0.227. The molecule has 2 aliphatic rings. The lowest BCUT2D eigenvalue weighted by Crippen LogP contribution is -2.54. The number of nitrogens with zero attached hydrogens (tertiary/aromatic N) is 2. The van der Waals surface area contributed by atoms with Crippen LogP contribution in [-0.4, -0.2) is 27.4 Å². The van der Waals surface area contributed by atoms with Gasteiger partial charge in [0.2, 0.25) is 5.89 Å². The maximum absolute atomic E-state index is 9.94. The highest BCUT2D eigenvalue weighted by Crippen LogP contribution is 2.44. The summed E-state index contributed by atoms with van der Waals surface area (Å²) in [6.45, 7) is 7.54. The Morgan fingerprint density at radius 2 is 2.10 bits per heavy atom. The first-order chi connectivity index (χ1) is 9.91. The lowest BCUT2D eigenvalue weighted by Gasteiger charge is -2.47. The fourth-order valence-corrected chi connectivity index (χ4v) is 4.16. The predicted octanol–water partition coefficient (Wildman–Crippen LogP) is 2.61. The van der Waals surface area contributed by atoms with Crippen LogP contribution in [0.4, 0.5) is 0 Å². The average molecular weight is 293 g/mol. The summed E-state index contributed by atoms with van der Waals surface area (Å²) in [4.78, 5) is 4.46. The summed E-state index contributed by atoms with van der Waals surface area (Å²) in [7, 11) is 0. The van der Waals surface area contributed by atoms with E-state index in [-0.39, 0.29) is 17.6 Å². The molecule has 0 spiro atoms.